The van der Waals surface area contributed by atoms with Crippen molar-refractivity contribution in [2.45, 2.75) is 30.8 Å². The van der Waals surface area contributed by atoms with Gasteiger partial charge in [-0.2, -0.15) is 0 Å². The number of alkyl carbamates (subject to hydrolysis) is 1. The molecule has 3 amide bonds. The number of rotatable bonds is 8. The minimum Gasteiger partial charge on any atom is -0.445 e. The first-order chi connectivity index (χ1) is 15.0. The number of ether oxygens (including phenoxy) is 1. The summed E-state index contributed by atoms with van der Waals surface area (Å²) in [5.74, 6) is -1.40. The molecule has 0 radical (unpaired) electrons. The van der Waals surface area contributed by atoms with Crippen LogP contribution in [0.2, 0.25) is 0 Å². The highest BCUT2D eigenvalue weighted by molar-refractivity contribution is 5.92. The molecule has 1 aliphatic rings. The van der Waals surface area contributed by atoms with Crippen molar-refractivity contribution < 1.29 is 19.1 Å². The summed E-state index contributed by atoms with van der Waals surface area (Å²) in [4.78, 5) is 39.5. The van der Waals surface area contributed by atoms with Gasteiger partial charge in [-0.3, -0.25) is 9.59 Å². The third-order valence-corrected chi connectivity index (χ3v) is 5.39. The standard InChI is InChI=1S/C24H27N3O4/c1-2-16-31-24(30)26-21(23(29)27-15-9-14-19(27)22(25)28)20(17-10-5-3-6-11-17)18-12-7-4-8-13-18/h2-8,10-13,19-21H,1,9,14-16H2,(H2,25,28)(H,26,30)/t19?,21-/m1/s1. The lowest BCUT2D eigenvalue weighted by atomic mass is 9.84. The van der Waals surface area contributed by atoms with E-state index in [2.05, 4.69) is 11.9 Å². The van der Waals surface area contributed by atoms with Gasteiger partial charge < -0.3 is 20.7 Å². The highest BCUT2D eigenvalue weighted by atomic mass is 16.5. The highest BCUT2D eigenvalue weighted by Crippen LogP contribution is 2.31. The normalized spacial score (nSPS) is 16.5. The molecule has 162 valence electrons. The molecule has 0 spiro atoms. The fraction of sp³-hybridized carbons (Fsp3) is 0.292. The molecule has 1 unspecified atom stereocenters. The van der Waals surface area contributed by atoms with Gasteiger partial charge in [-0.15, -0.1) is 0 Å². The summed E-state index contributed by atoms with van der Waals surface area (Å²) in [6.07, 6.45) is 1.90. The van der Waals surface area contributed by atoms with Crippen LogP contribution in [-0.2, 0) is 14.3 Å². The maximum absolute atomic E-state index is 13.7. The van der Waals surface area contributed by atoms with Crippen LogP contribution >= 0.6 is 0 Å². The summed E-state index contributed by atoms with van der Waals surface area (Å²) < 4.78 is 5.10. The fourth-order valence-electron chi connectivity index (χ4n) is 3.99. The van der Waals surface area contributed by atoms with Gasteiger partial charge in [0.1, 0.15) is 18.7 Å². The second kappa shape index (κ2) is 10.4. The van der Waals surface area contributed by atoms with E-state index in [0.717, 1.165) is 11.1 Å². The van der Waals surface area contributed by atoms with Crippen LogP contribution in [0.15, 0.2) is 73.3 Å². The minimum atomic E-state index is -0.984. The largest absolute Gasteiger partial charge is 0.445 e. The zero-order valence-electron chi connectivity index (χ0n) is 17.3. The smallest absolute Gasteiger partial charge is 0.408 e. The Morgan fingerprint density at radius 2 is 1.68 bits per heavy atom. The molecule has 0 aliphatic carbocycles. The number of hydrogen-bond donors (Lipinski definition) is 2. The van der Waals surface area contributed by atoms with Crippen molar-refractivity contribution in [1.29, 1.82) is 0 Å². The zero-order valence-corrected chi connectivity index (χ0v) is 17.3. The van der Waals surface area contributed by atoms with Gasteiger partial charge >= 0.3 is 6.09 Å². The first kappa shape index (κ1) is 22.1. The zero-order chi connectivity index (χ0) is 22.2. The Labute approximate surface area is 181 Å². The number of benzene rings is 2. The Morgan fingerprint density at radius 1 is 1.10 bits per heavy atom. The third kappa shape index (κ3) is 5.31. The Hall–Kier alpha value is -3.61. The van der Waals surface area contributed by atoms with E-state index in [1.54, 1.807) is 0 Å². The highest BCUT2D eigenvalue weighted by Gasteiger charge is 2.41. The summed E-state index contributed by atoms with van der Waals surface area (Å²) in [6.45, 7) is 3.96. The summed E-state index contributed by atoms with van der Waals surface area (Å²) in [6, 6.07) is 17.2. The lowest BCUT2D eigenvalue weighted by molar-refractivity contribution is -0.139. The van der Waals surface area contributed by atoms with Gasteiger partial charge in [0, 0.05) is 12.5 Å². The minimum absolute atomic E-state index is 0.0156. The molecule has 1 fully saturated rings. The van der Waals surface area contributed by atoms with E-state index in [9.17, 15) is 14.4 Å². The Morgan fingerprint density at radius 3 is 2.19 bits per heavy atom. The Kier molecular flexibility index (Phi) is 7.43. The number of likely N-dealkylation sites (tertiary alicyclic amines) is 1. The number of carbonyl (C=O) groups excluding carboxylic acids is 3. The molecule has 2 aromatic carbocycles. The van der Waals surface area contributed by atoms with Crippen LogP contribution in [0.4, 0.5) is 4.79 Å². The van der Waals surface area contributed by atoms with E-state index in [-0.39, 0.29) is 12.5 Å². The number of carbonyl (C=O) groups is 3. The molecule has 1 saturated heterocycles. The second-order valence-corrected chi connectivity index (χ2v) is 7.40. The van der Waals surface area contributed by atoms with E-state index in [4.69, 9.17) is 10.5 Å². The summed E-state index contributed by atoms with van der Waals surface area (Å²) >= 11 is 0. The van der Waals surface area contributed by atoms with Gasteiger partial charge in [-0.05, 0) is 24.0 Å². The molecule has 2 atom stereocenters. The predicted octanol–water partition coefficient (Wildman–Crippen LogP) is 2.58. The number of primary amides is 1. The molecule has 2 aromatic rings. The lowest BCUT2D eigenvalue weighted by Crippen LogP contribution is -2.55. The molecule has 1 heterocycles. The first-order valence-corrected chi connectivity index (χ1v) is 10.3. The van der Waals surface area contributed by atoms with Crippen molar-refractivity contribution in [3.05, 3.63) is 84.4 Å². The van der Waals surface area contributed by atoms with E-state index < -0.39 is 30.0 Å². The van der Waals surface area contributed by atoms with Gasteiger partial charge in [0.2, 0.25) is 11.8 Å². The lowest BCUT2D eigenvalue weighted by Gasteiger charge is -2.33. The van der Waals surface area contributed by atoms with Crippen LogP contribution in [0, 0.1) is 0 Å². The molecular weight excluding hydrogens is 394 g/mol. The van der Waals surface area contributed by atoms with Crippen LogP contribution in [0.3, 0.4) is 0 Å². The molecule has 0 aromatic heterocycles. The van der Waals surface area contributed by atoms with E-state index in [0.29, 0.717) is 19.4 Å². The van der Waals surface area contributed by atoms with Crippen molar-refractivity contribution in [3.63, 3.8) is 0 Å². The van der Waals surface area contributed by atoms with Crippen molar-refractivity contribution in [3.8, 4) is 0 Å². The van der Waals surface area contributed by atoms with E-state index >= 15 is 0 Å². The number of nitrogens with zero attached hydrogens (tertiary/aromatic N) is 1. The topological polar surface area (TPSA) is 102 Å². The van der Waals surface area contributed by atoms with E-state index in [1.165, 1.54) is 11.0 Å². The third-order valence-electron chi connectivity index (χ3n) is 5.39. The van der Waals surface area contributed by atoms with Gasteiger partial charge in [0.15, 0.2) is 0 Å². The first-order valence-electron chi connectivity index (χ1n) is 10.3. The van der Waals surface area contributed by atoms with Crippen LogP contribution in [0.5, 0.6) is 0 Å². The number of nitrogens with two attached hydrogens (primary N) is 1. The van der Waals surface area contributed by atoms with Gasteiger partial charge in [-0.25, -0.2) is 4.79 Å². The maximum Gasteiger partial charge on any atom is 0.408 e. The van der Waals surface area contributed by atoms with E-state index in [1.807, 2.05) is 60.7 Å². The van der Waals surface area contributed by atoms with Gasteiger partial charge in [-0.1, -0.05) is 73.3 Å². The monoisotopic (exact) mass is 421 g/mol. The molecule has 1 aliphatic heterocycles. The van der Waals surface area contributed by atoms with Crippen LogP contribution in [-0.4, -0.2) is 48.0 Å². The molecule has 3 rings (SSSR count). The summed E-state index contributed by atoms with van der Waals surface area (Å²) in [7, 11) is 0. The average molecular weight is 421 g/mol. The molecule has 7 heteroatoms. The average Bonchev–Trinajstić information content (AvgIpc) is 3.29. The number of hydrogen-bond acceptors (Lipinski definition) is 4. The fourth-order valence-corrected chi connectivity index (χ4v) is 3.99. The Balaban J connectivity index is 2.03. The van der Waals surface area contributed by atoms with Crippen molar-refractivity contribution in [1.82, 2.24) is 10.2 Å². The number of nitrogens with one attached hydrogen (secondary N) is 1. The molecule has 7 nitrogen and oxygen atoms in total. The molecule has 3 N–H and O–H groups in total. The number of amides is 3. The van der Waals surface area contributed by atoms with Crippen molar-refractivity contribution >= 4 is 17.9 Å². The molecule has 31 heavy (non-hydrogen) atoms. The summed E-state index contributed by atoms with van der Waals surface area (Å²) in [5.41, 5.74) is 7.24. The quantitative estimate of drug-likeness (QED) is 0.640. The summed E-state index contributed by atoms with van der Waals surface area (Å²) in [5, 5.41) is 2.73. The molecule has 0 bridgehead atoms. The van der Waals surface area contributed by atoms with Crippen LogP contribution in [0.25, 0.3) is 0 Å². The molecule has 0 saturated carbocycles. The van der Waals surface area contributed by atoms with Crippen LogP contribution < -0.4 is 11.1 Å². The maximum atomic E-state index is 13.7. The molecular formula is C24H27N3O4. The van der Waals surface area contributed by atoms with Crippen LogP contribution in [0.1, 0.15) is 29.9 Å². The van der Waals surface area contributed by atoms with Crippen molar-refractivity contribution in [2.24, 2.45) is 5.73 Å². The SMILES string of the molecule is C=CCOC(=O)N[C@@H](C(=O)N1CCCC1C(N)=O)C(c1ccccc1)c1ccccc1. The van der Waals surface area contributed by atoms with Gasteiger partial charge in [0.05, 0.1) is 0 Å². The van der Waals surface area contributed by atoms with Gasteiger partial charge in [0.25, 0.3) is 0 Å². The second-order valence-electron chi connectivity index (χ2n) is 7.40. The Bertz CT molecular complexity index is 877. The van der Waals surface area contributed by atoms with Crippen molar-refractivity contribution in [2.75, 3.05) is 13.2 Å². The predicted molar refractivity (Wildman–Crippen MR) is 117 cm³/mol.